The van der Waals surface area contributed by atoms with Crippen LogP contribution >= 0.6 is 11.3 Å². The molecule has 0 aliphatic heterocycles. The summed E-state index contributed by atoms with van der Waals surface area (Å²) in [6.07, 6.45) is 2.06. The van der Waals surface area contributed by atoms with E-state index < -0.39 is 5.41 Å². The quantitative estimate of drug-likeness (QED) is 0.736. The number of carbonyl (C=O) groups is 1. The van der Waals surface area contributed by atoms with Crippen LogP contribution in [0, 0.1) is 19.3 Å². The lowest BCUT2D eigenvalue weighted by atomic mass is 9.80. The maximum absolute atomic E-state index is 12.8. The minimum absolute atomic E-state index is 0.0647. The molecule has 0 aliphatic rings. The molecule has 0 aliphatic carbocycles. The van der Waals surface area contributed by atoms with Crippen LogP contribution in [-0.2, 0) is 11.3 Å². The maximum atomic E-state index is 12.8. The van der Waals surface area contributed by atoms with E-state index in [9.17, 15) is 4.79 Å². The van der Waals surface area contributed by atoms with Crippen molar-refractivity contribution in [3.63, 3.8) is 0 Å². The average molecular weight is 356 g/mol. The molecule has 0 radical (unpaired) electrons. The number of fused-ring (bicyclic) bond motifs is 1. The predicted molar refractivity (Wildman–Crippen MR) is 102 cm³/mol. The van der Waals surface area contributed by atoms with Gasteiger partial charge in [0.15, 0.2) is 4.96 Å². The monoisotopic (exact) mass is 356 g/mol. The van der Waals surface area contributed by atoms with Gasteiger partial charge in [-0.3, -0.25) is 9.20 Å². The van der Waals surface area contributed by atoms with Crippen molar-refractivity contribution in [3.05, 3.63) is 58.4 Å². The van der Waals surface area contributed by atoms with Crippen LogP contribution in [0.4, 0.5) is 0 Å². The number of aryl methyl sites for hydroxylation is 2. The molecule has 2 heterocycles. The van der Waals surface area contributed by atoms with E-state index in [1.165, 1.54) is 4.88 Å². The van der Waals surface area contributed by atoms with Gasteiger partial charge in [-0.05, 0) is 33.3 Å². The van der Waals surface area contributed by atoms with Crippen LogP contribution in [0.5, 0.6) is 0 Å². The molecule has 3 rings (SSSR count). The number of thiazole rings is 1. The minimum Gasteiger partial charge on any atom is -0.350 e. The Bertz CT molecular complexity index is 895. The van der Waals surface area contributed by atoms with Crippen molar-refractivity contribution in [2.24, 2.45) is 11.1 Å². The number of amides is 1. The van der Waals surface area contributed by atoms with E-state index in [1.807, 2.05) is 51.1 Å². The molecule has 0 saturated heterocycles. The fourth-order valence-corrected chi connectivity index (χ4v) is 3.82. The van der Waals surface area contributed by atoms with Gasteiger partial charge >= 0.3 is 0 Å². The Kier molecular flexibility index (Phi) is 4.67. The lowest BCUT2D eigenvalue weighted by Gasteiger charge is -2.30. The first-order valence-electron chi connectivity index (χ1n) is 8.33. The Labute approximate surface area is 151 Å². The van der Waals surface area contributed by atoms with E-state index in [2.05, 4.69) is 27.8 Å². The van der Waals surface area contributed by atoms with Crippen molar-refractivity contribution in [1.82, 2.24) is 14.7 Å². The smallest absolute Gasteiger partial charge is 0.227 e. The Hall–Kier alpha value is -2.18. The van der Waals surface area contributed by atoms with Crippen LogP contribution in [0.15, 0.2) is 36.5 Å². The number of aromatic nitrogens is 2. The highest BCUT2D eigenvalue weighted by molar-refractivity contribution is 7.17. The highest BCUT2D eigenvalue weighted by atomic mass is 32.1. The fourth-order valence-electron chi connectivity index (χ4n) is 2.93. The van der Waals surface area contributed by atoms with Crippen LogP contribution in [0.2, 0.25) is 0 Å². The Morgan fingerprint density at radius 1 is 1.32 bits per heavy atom. The van der Waals surface area contributed by atoms with Gasteiger partial charge in [-0.15, -0.1) is 11.3 Å². The first-order chi connectivity index (χ1) is 11.8. The molecule has 1 amide bonds. The lowest BCUT2D eigenvalue weighted by Crippen LogP contribution is -2.43. The molecule has 6 heteroatoms. The van der Waals surface area contributed by atoms with Gasteiger partial charge in [0.2, 0.25) is 5.91 Å². The van der Waals surface area contributed by atoms with Crippen molar-refractivity contribution < 1.29 is 4.79 Å². The van der Waals surface area contributed by atoms with Crippen LogP contribution in [-0.4, -0.2) is 15.3 Å². The molecule has 1 atom stereocenters. The van der Waals surface area contributed by atoms with Crippen molar-refractivity contribution in [1.29, 1.82) is 0 Å². The van der Waals surface area contributed by atoms with Gasteiger partial charge in [-0.2, -0.15) is 0 Å². The number of benzene rings is 1. The van der Waals surface area contributed by atoms with Gasteiger partial charge in [0.25, 0.3) is 0 Å². The van der Waals surface area contributed by atoms with Gasteiger partial charge in [-0.25, -0.2) is 4.98 Å². The van der Waals surface area contributed by atoms with Gasteiger partial charge in [-0.1, -0.05) is 30.3 Å². The number of nitrogens with zero attached hydrogens (tertiary/aromatic N) is 2. The average Bonchev–Trinajstić information content (AvgIpc) is 3.07. The topological polar surface area (TPSA) is 72.4 Å². The molecule has 25 heavy (non-hydrogen) atoms. The summed E-state index contributed by atoms with van der Waals surface area (Å²) in [4.78, 5) is 19.5. The molecule has 3 aromatic rings. The molecule has 0 bridgehead atoms. The highest BCUT2D eigenvalue weighted by Gasteiger charge is 2.35. The number of hydrogen-bond acceptors (Lipinski definition) is 4. The number of nitrogens with one attached hydrogen (secondary N) is 1. The molecule has 0 fully saturated rings. The predicted octanol–water partition coefficient (Wildman–Crippen LogP) is 3.36. The SMILES string of the molecule is Cc1cn2c(CNC(=O)C(C)(C)C(N)c3ccccc3)c(C)nc2s1. The minimum atomic E-state index is -0.719. The molecule has 3 N–H and O–H groups in total. The van der Waals surface area contributed by atoms with Crippen molar-refractivity contribution in [3.8, 4) is 0 Å². The zero-order valence-electron chi connectivity index (χ0n) is 15.0. The zero-order chi connectivity index (χ0) is 18.2. The summed E-state index contributed by atoms with van der Waals surface area (Å²) in [6, 6.07) is 9.36. The van der Waals surface area contributed by atoms with E-state index >= 15 is 0 Å². The van der Waals surface area contributed by atoms with E-state index in [4.69, 9.17) is 5.73 Å². The van der Waals surface area contributed by atoms with Gasteiger partial charge in [0.05, 0.1) is 23.3 Å². The summed E-state index contributed by atoms with van der Waals surface area (Å²) < 4.78 is 2.06. The van der Waals surface area contributed by atoms with Crippen LogP contribution < -0.4 is 11.1 Å². The summed E-state index contributed by atoms with van der Waals surface area (Å²) >= 11 is 1.65. The second-order valence-electron chi connectivity index (χ2n) is 6.93. The number of carbonyl (C=O) groups excluding carboxylic acids is 1. The zero-order valence-corrected chi connectivity index (χ0v) is 15.9. The Morgan fingerprint density at radius 3 is 2.68 bits per heavy atom. The number of nitrogens with two attached hydrogens (primary N) is 1. The summed E-state index contributed by atoms with van der Waals surface area (Å²) in [5, 5.41) is 3.04. The summed E-state index contributed by atoms with van der Waals surface area (Å²) in [5.74, 6) is -0.0647. The second kappa shape index (κ2) is 6.61. The van der Waals surface area contributed by atoms with Crippen LogP contribution in [0.25, 0.3) is 4.96 Å². The maximum Gasteiger partial charge on any atom is 0.227 e. The van der Waals surface area contributed by atoms with E-state index in [-0.39, 0.29) is 11.9 Å². The molecular weight excluding hydrogens is 332 g/mol. The third kappa shape index (κ3) is 3.32. The molecule has 132 valence electrons. The fraction of sp³-hybridized carbons (Fsp3) is 0.368. The van der Waals surface area contributed by atoms with Gasteiger partial charge < -0.3 is 11.1 Å². The third-order valence-corrected chi connectivity index (χ3v) is 5.58. The van der Waals surface area contributed by atoms with Crippen LogP contribution in [0.3, 0.4) is 0 Å². The first-order valence-corrected chi connectivity index (χ1v) is 9.15. The third-order valence-electron chi connectivity index (χ3n) is 4.68. The van der Waals surface area contributed by atoms with Crippen molar-refractivity contribution in [2.75, 3.05) is 0 Å². The molecule has 0 spiro atoms. The number of hydrogen-bond donors (Lipinski definition) is 2. The van der Waals surface area contributed by atoms with Crippen LogP contribution in [0.1, 0.15) is 41.7 Å². The molecule has 1 aromatic carbocycles. The van der Waals surface area contributed by atoms with Crippen molar-refractivity contribution in [2.45, 2.75) is 40.3 Å². The molecule has 1 unspecified atom stereocenters. The van der Waals surface area contributed by atoms with E-state index in [0.29, 0.717) is 6.54 Å². The number of rotatable bonds is 5. The highest BCUT2D eigenvalue weighted by Crippen LogP contribution is 2.31. The molecule has 0 saturated carbocycles. The standard InChI is InChI=1S/C19H24N4OS/c1-12-11-23-15(13(2)22-18(23)25-12)10-21-17(24)19(3,4)16(20)14-8-6-5-7-9-14/h5-9,11,16H,10,20H2,1-4H3,(H,21,24). The van der Waals surface area contributed by atoms with E-state index in [1.54, 1.807) is 11.3 Å². The normalized spacial score (nSPS) is 13.2. The molecular formula is C19H24N4OS. The largest absolute Gasteiger partial charge is 0.350 e. The first kappa shape index (κ1) is 17.6. The molecule has 5 nitrogen and oxygen atoms in total. The Morgan fingerprint density at radius 2 is 2.00 bits per heavy atom. The van der Waals surface area contributed by atoms with Gasteiger partial charge in [0.1, 0.15) is 0 Å². The lowest BCUT2D eigenvalue weighted by molar-refractivity contribution is -0.130. The van der Waals surface area contributed by atoms with Gasteiger partial charge in [0, 0.05) is 17.1 Å². The van der Waals surface area contributed by atoms with Crippen molar-refractivity contribution >= 4 is 22.2 Å². The second-order valence-corrected chi connectivity index (χ2v) is 8.14. The summed E-state index contributed by atoms with van der Waals surface area (Å²) in [7, 11) is 0. The summed E-state index contributed by atoms with van der Waals surface area (Å²) in [5.41, 5.74) is 8.56. The van der Waals surface area contributed by atoms with E-state index in [0.717, 1.165) is 21.9 Å². The Balaban J connectivity index is 1.75. The summed E-state index contributed by atoms with van der Waals surface area (Å²) in [6.45, 7) is 8.23. The molecule has 2 aromatic heterocycles. The number of imidazole rings is 1.